The van der Waals surface area contributed by atoms with E-state index < -0.39 is 7.75 Å². The Labute approximate surface area is 99.7 Å². The van der Waals surface area contributed by atoms with E-state index in [1.54, 1.807) is 26.0 Å². The van der Waals surface area contributed by atoms with Gasteiger partial charge in [0.05, 0.1) is 18.2 Å². The van der Waals surface area contributed by atoms with Crippen LogP contribution in [0.4, 0.5) is 5.82 Å². The summed E-state index contributed by atoms with van der Waals surface area (Å²) in [6.45, 7) is 4.06. The van der Waals surface area contributed by atoms with Gasteiger partial charge >= 0.3 is 7.75 Å². The van der Waals surface area contributed by atoms with E-state index in [1.165, 1.54) is 6.20 Å². The lowest BCUT2D eigenvalue weighted by Crippen LogP contribution is -2.05. The molecular formula is C9H14ClN2O3P. The third-order valence-electron chi connectivity index (χ3n) is 1.58. The molecule has 0 spiro atoms. The molecule has 0 aromatic carbocycles. The zero-order valence-corrected chi connectivity index (χ0v) is 10.8. The van der Waals surface area contributed by atoms with Crippen molar-refractivity contribution in [3.8, 4) is 0 Å². The van der Waals surface area contributed by atoms with Crippen molar-refractivity contribution in [3.63, 3.8) is 0 Å². The molecule has 16 heavy (non-hydrogen) atoms. The van der Waals surface area contributed by atoms with E-state index in [2.05, 4.69) is 10.1 Å². The predicted octanol–water partition coefficient (Wildman–Crippen LogP) is 3.33. The molecule has 1 rings (SSSR count). The molecule has 0 saturated heterocycles. The normalized spacial score (nSPS) is 11.4. The zero-order chi connectivity index (χ0) is 12.0. The van der Waals surface area contributed by atoms with Crippen molar-refractivity contribution in [2.24, 2.45) is 0 Å². The molecule has 0 radical (unpaired) electrons. The number of anilines is 1. The van der Waals surface area contributed by atoms with Crippen molar-refractivity contribution < 1.29 is 13.6 Å². The Morgan fingerprint density at radius 3 is 2.44 bits per heavy atom. The SMILES string of the molecule is CCOP(=O)(Nc1ccc(Cl)cn1)OCC. The second-order valence-electron chi connectivity index (χ2n) is 2.81. The molecule has 0 fully saturated rings. The standard InChI is InChI=1S/C9H14ClN2O3P/c1-3-14-16(13,15-4-2)12-9-6-5-8(10)7-11-9/h5-7H,3-4H2,1-2H3,(H,11,12,13). The summed E-state index contributed by atoms with van der Waals surface area (Å²) in [4.78, 5) is 3.95. The Bertz CT molecular complexity index is 362. The number of nitrogens with one attached hydrogen (secondary N) is 1. The zero-order valence-electron chi connectivity index (χ0n) is 9.14. The Kier molecular flexibility index (Phi) is 5.22. The number of aromatic nitrogens is 1. The number of nitrogens with zero attached hydrogens (tertiary/aromatic N) is 1. The summed E-state index contributed by atoms with van der Waals surface area (Å²) in [5, 5.41) is 3.13. The highest BCUT2D eigenvalue weighted by Gasteiger charge is 2.23. The van der Waals surface area contributed by atoms with Gasteiger partial charge in [-0.1, -0.05) is 11.6 Å². The molecule has 0 atom stereocenters. The predicted molar refractivity (Wildman–Crippen MR) is 63.7 cm³/mol. The third-order valence-corrected chi connectivity index (χ3v) is 3.50. The number of pyridine rings is 1. The fourth-order valence-corrected chi connectivity index (χ4v) is 2.43. The average Bonchev–Trinajstić information content (AvgIpc) is 2.22. The van der Waals surface area contributed by atoms with Gasteiger partial charge in [0, 0.05) is 6.20 Å². The second kappa shape index (κ2) is 6.21. The number of rotatable bonds is 6. The van der Waals surface area contributed by atoms with Crippen molar-refractivity contribution in [2.45, 2.75) is 13.8 Å². The van der Waals surface area contributed by atoms with Crippen LogP contribution in [0.5, 0.6) is 0 Å². The molecule has 0 unspecified atom stereocenters. The van der Waals surface area contributed by atoms with Gasteiger partial charge in [-0.25, -0.2) is 9.55 Å². The van der Waals surface area contributed by atoms with Gasteiger partial charge < -0.3 is 0 Å². The molecule has 0 aliphatic carbocycles. The molecule has 0 saturated carbocycles. The first-order chi connectivity index (χ1) is 7.59. The number of hydrogen-bond donors (Lipinski definition) is 1. The van der Waals surface area contributed by atoms with Gasteiger partial charge in [-0.2, -0.15) is 0 Å². The van der Waals surface area contributed by atoms with Crippen molar-refractivity contribution in [2.75, 3.05) is 18.3 Å². The molecule has 0 bridgehead atoms. The Balaban J connectivity index is 2.75. The van der Waals surface area contributed by atoms with E-state index in [9.17, 15) is 4.57 Å². The summed E-state index contributed by atoms with van der Waals surface area (Å²) in [5.41, 5.74) is 0. The van der Waals surface area contributed by atoms with Crippen molar-refractivity contribution in [1.29, 1.82) is 0 Å². The highest BCUT2D eigenvalue weighted by atomic mass is 35.5. The molecule has 0 aliphatic rings. The summed E-state index contributed by atoms with van der Waals surface area (Å²) in [7, 11) is -3.31. The van der Waals surface area contributed by atoms with E-state index in [0.29, 0.717) is 10.8 Å². The maximum atomic E-state index is 12.0. The van der Waals surface area contributed by atoms with Crippen molar-refractivity contribution in [1.82, 2.24) is 4.98 Å². The minimum Gasteiger partial charge on any atom is -0.293 e. The van der Waals surface area contributed by atoms with Crippen LogP contribution in [0.25, 0.3) is 0 Å². The minimum atomic E-state index is -3.31. The maximum absolute atomic E-state index is 12.0. The number of hydrogen-bond acceptors (Lipinski definition) is 4. The van der Waals surface area contributed by atoms with E-state index >= 15 is 0 Å². The summed E-state index contributed by atoms with van der Waals surface area (Å²) in [5.74, 6) is 0.398. The van der Waals surface area contributed by atoms with Crippen LogP contribution in [0.1, 0.15) is 13.8 Å². The Hall–Kier alpha value is -0.610. The first-order valence-corrected chi connectivity index (χ1v) is 6.80. The van der Waals surface area contributed by atoms with Gasteiger partial charge in [-0.15, -0.1) is 0 Å². The lowest BCUT2D eigenvalue weighted by Gasteiger charge is -2.17. The maximum Gasteiger partial charge on any atom is 0.433 e. The van der Waals surface area contributed by atoms with Crippen molar-refractivity contribution >= 4 is 25.2 Å². The van der Waals surface area contributed by atoms with Gasteiger partial charge in [-0.05, 0) is 26.0 Å². The van der Waals surface area contributed by atoms with Gasteiger partial charge in [0.1, 0.15) is 5.82 Å². The van der Waals surface area contributed by atoms with Crippen LogP contribution < -0.4 is 5.09 Å². The summed E-state index contributed by atoms with van der Waals surface area (Å²) in [6, 6.07) is 3.24. The van der Waals surface area contributed by atoms with Crippen LogP contribution in [0.2, 0.25) is 5.02 Å². The smallest absolute Gasteiger partial charge is 0.293 e. The molecular weight excluding hydrogens is 251 g/mol. The van der Waals surface area contributed by atoms with Crippen LogP contribution in [-0.2, 0) is 13.6 Å². The molecule has 1 aromatic heterocycles. The topological polar surface area (TPSA) is 60.5 Å². The van der Waals surface area contributed by atoms with Crippen LogP contribution in [-0.4, -0.2) is 18.2 Å². The fourth-order valence-electron chi connectivity index (χ4n) is 1.02. The molecule has 1 aromatic rings. The van der Waals surface area contributed by atoms with E-state index in [4.69, 9.17) is 20.6 Å². The third kappa shape index (κ3) is 4.10. The highest BCUT2D eigenvalue weighted by Crippen LogP contribution is 2.47. The molecule has 7 heteroatoms. The van der Waals surface area contributed by atoms with Crippen molar-refractivity contribution in [3.05, 3.63) is 23.4 Å². The fraction of sp³-hybridized carbons (Fsp3) is 0.444. The molecule has 1 N–H and O–H groups in total. The summed E-state index contributed by atoms with van der Waals surface area (Å²) >= 11 is 5.68. The lowest BCUT2D eigenvalue weighted by atomic mass is 10.5. The Morgan fingerprint density at radius 1 is 1.38 bits per heavy atom. The Morgan fingerprint density at radius 2 is 2.00 bits per heavy atom. The largest absolute Gasteiger partial charge is 0.433 e. The minimum absolute atomic E-state index is 0.290. The van der Waals surface area contributed by atoms with Gasteiger partial charge in [-0.3, -0.25) is 14.1 Å². The number of halogens is 1. The monoisotopic (exact) mass is 264 g/mol. The van der Waals surface area contributed by atoms with Gasteiger partial charge in [0.15, 0.2) is 0 Å². The van der Waals surface area contributed by atoms with Gasteiger partial charge in [0.2, 0.25) is 0 Å². The van der Waals surface area contributed by atoms with Crippen LogP contribution in [0.3, 0.4) is 0 Å². The summed E-state index contributed by atoms with van der Waals surface area (Å²) < 4.78 is 22.1. The van der Waals surface area contributed by atoms with Crippen LogP contribution in [0.15, 0.2) is 18.3 Å². The lowest BCUT2D eigenvalue weighted by molar-refractivity contribution is 0.225. The molecule has 5 nitrogen and oxygen atoms in total. The molecule has 90 valence electrons. The van der Waals surface area contributed by atoms with E-state index in [-0.39, 0.29) is 13.2 Å². The molecule has 0 aliphatic heterocycles. The molecule has 1 heterocycles. The second-order valence-corrected chi connectivity index (χ2v) is 4.98. The first-order valence-electron chi connectivity index (χ1n) is 4.88. The average molecular weight is 265 g/mol. The summed E-state index contributed by atoms with van der Waals surface area (Å²) in [6.07, 6.45) is 1.45. The highest BCUT2D eigenvalue weighted by molar-refractivity contribution is 7.55. The molecule has 0 amide bonds. The van der Waals surface area contributed by atoms with Crippen LogP contribution >= 0.6 is 19.3 Å². The van der Waals surface area contributed by atoms with E-state index in [1.807, 2.05) is 0 Å². The van der Waals surface area contributed by atoms with Crippen LogP contribution in [0, 0.1) is 0 Å². The quantitative estimate of drug-likeness (QED) is 0.799. The van der Waals surface area contributed by atoms with Gasteiger partial charge in [0.25, 0.3) is 0 Å². The van der Waals surface area contributed by atoms with E-state index in [0.717, 1.165) is 0 Å². The first kappa shape index (κ1) is 13.5.